The minimum Gasteiger partial charge on any atom is -0.394 e. The molecular weight excluding hydrogens is 195 g/mol. The Morgan fingerprint density at radius 1 is 1.27 bits per heavy atom. The number of halogens is 1. The van der Waals surface area contributed by atoms with Crippen molar-refractivity contribution in [2.75, 3.05) is 6.61 Å². The molecule has 0 saturated carbocycles. The quantitative estimate of drug-likeness (QED) is 0.829. The minimum atomic E-state index is -0.280. The van der Waals surface area contributed by atoms with Gasteiger partial charge in [-0.25, -0.2) is 4.39 Å². The number of rotatable bonds is 3. The van der Waals surface area contributed by atoms with Crippen molar-refractivity contribution in [3.05, 3.63) is 42.3 Å². The van der Waals surface area contributed by atoms with Crippen molar-refractivity contribution in [3.8, 4) is 11.3 Å². The van der Waals surface area contributed by atoms with Gasteiger partial charge in [-0.1, -0.05) is 12.1 Å². The van der Waals surface area contributed by atoms with E-state index in [4.69, 9.17) is 5.11 Å². The molecule has 0 unspecified atom stereocenters. The van der Waals surface area contributed by atoms with Gasteiger partial charge >= 0.3 is 0 Å². The maximum absolute atomic E-state index is 13.5. The molecule has 2 rings (SSSR count). The molecule has 0 aliphatic carbocycles. The summed E-state index contributed by atoms with van der Waals surface area (Å²) in [4.78, 5) is 0. The van der Waals surface area contributed by atoms with Gasteiger partial charge in [0, 0.05) is 11.8 Å². The molecule has 0 aliphatic rings. The van der Waals surface area contributed by atoms with E-state index in [0.717, 1.165) is 0 Å². The molecular formula is C11H11FN2O. The molecule has 4 heteroatoms. The predicted octanol–water partition coefficient (Wildman–Crippen LogP) is 1.68. The Morgan fingerprint density at radius 2 is 2.07 bits per heavy atom. The lowest BCUT2D eigenvalue weighted by Gasteiger charge is -2.06. The van der Waals surface area contributed by atoms with Crippen LogP contribution in [0.1, 0.15) is 0 Å². The van der Waals surface area contributed by atoms with Crippen LogP contribution in [0.5, 0.6) is 0 Å². The summed E-state index contributed by atoms with van der Waals surface area (Å²) < 4.78 is 15.1. The Labute approximate surface area is 86.8 Å². The first-order valence-corrected chi connectivity index (χ1v) is 4.70. The largest absolute Gasteiger partial charge is 0.394 e. The molecule has 1 heterocycles. The lowest BCUT2D eigenvalue weighted by atomic mass is 10.1. The van der Waals surface area contributed by atoms with Gasteiger partial charge in [0.1, 0.15) is 5.82 Å². The second-order valence-corrected chi connectivity index (χ2v) is 3.14. The first-order chi connectivity index (χ1) is 7.33. The molecule has 1 aromatic carbocycles. The SMILES string of the molecule is OCCn1nccc1-c1ccccc1F. The van der Waals surface area contributed by atoms with Crippen LogP contribution < -0.4 is 0 Å². The molecule has 0 spiro atoms. The zero-order valence-electron chi connectivity index (χ0n) is 8.10. The summed E-state index contributed by atoms with van der Waals surface area (Å²) in [5.74, 6) is -0.280. The molecule has 2 aromatic rings. The highest BCUT2D eigenvalue weighted by Crippen LogP contribution is 2.21. The fourth-order valence-corrected chi connectivity index (χ4v) is 1.50. The third-order valence-electron chi connectivity index (χ3n) is 2.18. The maximum atomic E-state index is 13.5. The number of nitrogens with zero attached hydrogens (tertiary/aromatic N) is 2. The first-order valence-electron chi connectivity index (χ1n) is 4.70. The number of hydrogen-bond acceptors (Lipinski definition) is 2. The van der Waals surface area contributed by atoms with Gasteiger partial charge in [-0.05, 0) is 18.2 Å². The Kier molecular flexibility index (Phi) is 2.78. The van der Waals surface area contributed by atoms with E-state index in [1.165, 1.54) is 6.07 Å². The monoisotopic (exact) mass is 206 g/mol. The van der Waals surface area contributed by atoms with Crippen molar-refractivity contribution in [2.24, 2.45) is 0 Å². The molecule has 1 N–H and O–H groups in total. The molecule has 0 bridgehead atoms. The van der Waals surface area contributed by atoms with Gasteiger partial charge in [-0.2, -0.15) is 5.10 Å². The summed E-state index contributed by atoms with van der Waals surface area (Å²) in [6.45, 7) is 0.361. The molecule has 0 amide bonds. The Balaban J connectivity index is 2.45. The van der Waals surface area contributed by atoms with Crippen LogP contribution in [0.25, 0.3) is 11.3 Å². The smallest absolute Gasteiger partial charge is 0.132 e. The van der Waals surface area contributed by atoms with Crippen LogP contribution in [0, 0.1) is 5.82 Å². The van der Waals surface area contributed by atoms with Gasteiger partial charge in [0.05, 0.1) is 18.8 Å². The van der Waals surface area contributed by atoms with Crippen LogP contribution >= 0.6 is 0 Å². The fraction of sp³-hybridized carbons (Fsp3) is 0.182. The van der Waals surface area contributed by atoms with E-state index in [1.54, 1.807) is 35.1 Å². The van der Waals surface area contributed by atoms with Crippen LogP contribution in [0.4, 0.5) is 4.39 Å². The third kappa shape index (κ3) is 1.89. The van der Waals surface area contributed by atoms with Crippen LogP contribution in [0.15, 0.2) is 36.5 Å². The standard InChI is InChI=1S/C11H11FN2O/c12-10-4-2-1-3-9(10)11-5-6-13-14(11)7-8-15/h1-6,15H,7-8H2. The van der Waals surface area contributed by atoms with Crippen LogP contribution in [-0.2, 0) is 6.54 Å². The van der Waals surface area contributed by atoms with Gasteiger partial charge in [-0.3, -0.25) is 4.68 Å². The average molecular weight is 206 g/mol. The van der Waals surface area contributed by atoms with E-state index in [0.29, 0.717) is 17.8 Å². The first kappa shape index (κ1) is 9.86. The summed E-state index contributed by atoms with van der Waals surface area (Å²) >= 11 is 0. The molecule has 1 aromatic heterocycles. The van der Waals surface area contributed by atoms with Crippen LogP contribution in [-0.4, -0.2) is 21.5 Å². The zero-order valence-corrected chi connectivity index (χ0v) is 8.10. The predicted molar refractivity (Wildman–Crippen MR) is 54.7 cm³/mol. The summed E-state index contributed by atoms with van der Waals surface area (Å²) in [5, 5.41) is 12.8. The van der Waals surface area contributed by atoms with Crippen molar-refractivity contribution in [3.63, 3.8) is 0 Å². The number of aromatic nitrogens is 2. The van der Waals surface area contributed by atoms with E-state index in [2.05, 4.69) is 5.10 Å². The van der Waals surface area contributed by atoms with E-state index in [1.807, 2.05) is 0 Å². The van der Waals surface area contributed by atoms with Crippen molar-refractivity contribution in [1.82, 2.24) is 9.78 Å². The van der Waals surface area contributed by atoms with E-state index in [9.17, 15) is 4.39 Å². The molecule has 0 saturated heterocycles. The summed E-state index contributed by atoms with van der Waals surface area (Å²) in [5.41, 5.74) is 1.19. The van der Waals surface area contributed by atoms with Crippen LogP contribution in [0.2, 0.25) is 0 Å². The fourth-order valence-electron chi connectivity index (χ4n) is 1.50. The van der Waals surface area contributed by atoms with E-state index in [-0.39, 0.29) is 12.4 Å². The van der Waals surface area contributed by atoms with Crippen molar-refractivity contribution < 1.29 is 9.50 Å². The summed E-state index contributed by atoms with van der Waals surface area (Å²) in [7, 11) is 0. The summed E-state index contributed by atoms with van der Waals surface area (Å²) in [6.07, 6.45) is 1.59. The van der Waals surface area contributed by atoms with Gasteiger partial charge < -0.3 is 5.11 Å². The molecule has 0 aliphatic heterocycles. The number of benzene rings is 1. The summed E-state index contributed by atoms with van der Waals surface area (Å²) in [6, 6.07) is 8.25. The lowest BCUT2D eigenvalue weighted by Crippen LogP contribution is -2.05. The van der Waals surface area contributed by atoms with Gasteiger partial charge in [0.25, 0.3) is 0 Å². The van der Waals surface area contributed by atoms with Crippen molar-refractivity contribution >= 4 is 0 Å². The van der Waals surface area contributed by atoms with E-state index >= 15 is 0 Å². The number of aliphatic hydroxyl groups is 1. The molecule has 0 radical (unpaired) electrons. The Morgan fingerprint density at radius 3 is 2.80 bits per heavy atom. The van der Waals surface area contributed by atoms with Gasteiger partial charge in [0.2, 0.25) is 0 Å². The van der Waals surface area contributed by atoms with Crippen molar-refractivity contribution in [2.45, 2.75) is 6.54 Å². The number of hydrogen-bond donors (Lipinski definition) is 1. The third-order valence-corrected chi connectivity index (χ3v) is 2.18. The normalized spacial score (nSPS) is 10.5. The van der Waals surface area contributed by atoms with Gasteiger partial charge in [-0.15, -0.1) is 0 Å². The second-order valence-electron chi connectivity index (χ2n) is 3.14. The number of aliphatic hydroxyl groups excluding tert-OH is 1. The topological polar surface area (TPSA) is 38.0 Å². The lowest BCUT2D eigenvalue weighted by molar-refractivity contribution is 0.270. The second kappa shape index (κ2) is 4.23. The zero-order chi connectivity index (χ0) is 10.7. The highest BCUT2D eigenvalue weighted by molar-refractivity contribution is 5.59. The van der Waals surface area contributed by atoms with Crippen molar-refractivity contribution in [1.29, 1.82) is 0 Å². The molecule has 78 valence electrons. The molecule has 3 nitrogen and oxygen atoms in total. The van der Waals surface area contributed by atoms with Gasteiger partial charge in [0.15, 0.2) is 0 Å². The minimum absolute atomic E-state index is 0.0108. The molecule has 0 fully saturated rings. The van der Waals surface area contributed by atoms with E-state index < -0.39 is 0 Å². The Bertz CT molecular complexity index is 453. The molecule has 0 atom stereocenters. The Hall–Kier alpha value is -1.68. The highest BCUT2D eigenvalue weighted by Gasteiger charge is 2.08. The molecule has 15 heavy (non-hydrogen) atoms. The average Bonchev–Trinajstić information content (AvgIpc) is 2.67. The highest BCUT2D eigenvalue weighted by atomic mass is 19.1. The maximum Gasteiger partial charge on any atom is 0.132 e. The van der Waals surface area contributed by atoms with Crippen LogP contribution in [0.3, 0.4) is 0 Å².